The molecule has 0 saturated carbocycles. The van der Waals surface area contributed by atoms with Gasteiger partial charge >= 0.3 is 97.5 Å². The Morgan fingerprint density at radius 1 is 0.396 bits per heavy atom. The number of azide groups is 3. The summed E-state index contributed by atoms with van der Waals surface area (Å²) in [5, 5.41) is 35.6. The number of phenols is 1. The Bertz CT molecular complexity index is 3970. The van der Waals surface area contributed by atoms with Gasteiger partial charge in [-0.3, -0.25) is 39.1 Å². The number of Topliss-reactive ketones (excluding diaryl/α,β-unsaturated/α-hetero) is 3. The second-order valence-electron chi connectivity index (χ2n) is 26.1. The van der Waals surface area contributed by atoms with E-state index in [4.69, 9.17) is 122 Å². The van der Waals surface area contributed by atoms with E-state index in [2.05, 4.69) is 124 Å². The zero-order chi connectivity index (χ0) is 105. The molecule has 0 atom stereocenters. The molecule has 6 rings (SSSR count). The van der Waals surface area contributed by atoms with Gasteiger partial charge in [0.1, 0.15) is 23.3 Å². The van der Waals surface area contributed by atoms with Crippen LogP contribution in [0, 0.1) is 46.5 Å². The molecule has 0 spiro atoms. The Hall–Kier alpha value is -7.16. The number of aromatic hydroxyl groups is 1. The topological polar surface area (TPSA) is 579 Å². The molecular formula is C85H120F11I3N18O20Pt2-3. The minimum Gasteiger partial charge on any atom is -0.679 e. The Morgan fingerprint density at radius 3 is 0.878 bits per heavy atom. The first-order valence-electron chi connectivity index (χ1n) is 42.2. The Labute approximate surface area is 851 Å². The third-order valence-electron chi connectivity index (χ3n) is 15.6. The molecule has 0 unspecified atom stereocenters. The molecule has 2 aromatic carbocycles. The summed E-state index contributed by atoms with van der Waals surface area (Å²) in [6, 6.07) is 15.2. The van der Waals surface area contributed by atoms with Gasteiger partial charge in [-0.05, 0) is 139 Å². The monoisotopic (exact) mass is 2690 g/mol. The number of phenolic OH excluding ortho intramolecular Hbond substituents is 1. The van der Waals surface area contributed by atoms with E-state index in [9.17, 15) is 67.5 Å². The number of alkyl halides is 3. The second kappa shape index (κ2) is 107. The predicted molar refractivity (Wildman–Crippen MR) is 509 cm³/mol. The van der Waals surface area contributed by atoms with E-state index in [-0.39, 0.29) is 62.7 Å². The van der Waals surface area contributed by atoms with Crippen LogP contribution in [0.15, 0.2) is 126 Å². The first-order valence-corrected chi connectivity index (χ1v) is 61.5. The number of aromatic nitrogens is 4. The number of rotatable bonds is 64. The standard InChI is InChI=1S/2C19H30N4O5.C15H11F4NO.C10H22N4O4.C10H13NO2.C6H2F4O.C2HF3O2.2C2H6N2.3HI.2Pt/c2*20-23-22-9-11-26-13-15-28-17-16-27-14-12-25-10-1-2-19(24)4-3-18-5-7-21-8-6-18;16-12-8-13(17)15(19)11(14(12)18)7-10(21)2-1-9-3-5-20-6-4-9;11-1-3-15-5-7-17-9-10-18-8-6-16-4-2-13-14-12;12-10(13)4-2-1-3-9-5-7-11-8-6-9;7-2-1-3(8)5(10)6(11)4(2)9;3-2(4,5)1(6)7;2*3-1-2-4;;;;;/h2*5-8H,1-4,9-17H2;3-6,8H,1-2,7H2;1-11H2;5-8H,1-4H2,(H,12,13);1,11H;(H,6,7);2*3-4H,1-2H2;3*1H;;/q;;;;;;;2*-2;;;;+1;+4/p-4. The van der Waals surface area contributed by atoms with Gasteiger partial charge in [0.05, 0.1) is 145 Å². The molecule has 0 fully saturated rings. The molecule has 139 heavy (non-hydrogen) atoms. The summed E-state index contributed by atoms with van der Waals surface area (Å²) in [5.41, 5.74) is 58.0. The maximum atomic E-state index is 13.4. The quantitative estimate of drug-likeness (QED) is 0.00607. The van der Waals surface area contributed by atoms with Crippen LogP contribution >= 0.6 is 58.1 Å². The van der Waals surface area contributed by atoms with Gasteiger partial charge in [-0.15, -0.1) is 0 Å². The molecule has 4 heterocycles. The Balaban J connectivity index is -0.000000506. The number of unbranched alkanes of at least 4 members (excludes halogenated alkanes) is 1. The average molecular weight is 2690 g/mol. The van der Waals surface area contributed by atoms with Crippen LogP contribution in [0.1, 0.15) is 92.0 Å². The van der Waals surface area contributed by atoms with Gasteiger partial charge in [-0.1, -0.05) is 15.3 Å². The SMILES string of the molecule is O=C(CCc1ccncc1)Cc1c(F)c(F)cc(F)c1F.O=C(O)CCCCc1ccncc1.O=C([O-])C(F)(F)F.Oc1c(F)c(F)cc(F)c1F.[I][Pt+2][I].[I][Pt].[N-]=[N+]=NCCOCCOCCOCCOCCCC(=O)CCc1ccncc1.[N-]=[N+]=NCCOCCOCCOCCOCCCC(=O)CCc1ccncc1.[N-]=[N+]=NCCOCCOCCOCCOCCN.[NH-]CC[NH-].[NH-]CC[NH-]. The van der Waals surface area contributed by atoms with Crippen LogP contribution in [0.25, 0.3) is 54.3 Å². The van der Waals surface area contributed by atoms with Gasteiger partial charge < -0.3 is 106 Å². The normalized spacial score (nSPS) is 10.1. The van der Waals surface area contributed by atoms with E-state index in [1.165, 1.54) is 5.56 Å². The van der Waals surface area contributed by atoms with Crippen LogP contribution in [0.5, 0.6) is 5.75 Å². The van der Waals surface area contributed by atoms with Gasteiger partial charge in [0.2, 0.25) is 11.6 Å². The molecule has 54 heteroatoms. The first kappa shape index (κ1) is 140. The van der Waals surface area contributed by atoms with E-state index in [0.29, 0.717) is 228 Å². The summed E-state index contributed by atoms with van der Waals surface area (Å²) in [6.07, 6.45) is 16.2. The molecular weight excluding hydrogens is 2570 g/mol. The van der Waals surface area contributed by atoms with Crippen LogP contribution in [-0.4, -0.2) is 277 Å². The van der Waals surface area contributed by atoms with Crippen LogP contribution < -0.4 is 10.8 Å². The predicted octanol–water partition coefficient (Wildman–Crippen LogP) is 17.1. The smallest absolute Gasteiger partial charge is 0.133 e. The van der Waals surface area contributed by atoms with Gasteiger partial charge in [0.15, 0.2) is 40.7 Å². The number of hydrogen-bond donors (Lipinski definition) is 3. The third kappa shape index (κ3) is 96.7. The summed E-state index contributed by atoms with van der Waals surface area (Å²) in [7, 11) is 0. The largest absolute Gasteiger partial charge is 0.679 e. The summed E-state index contributed by atoms with van der Waals surface area (Å²) < 4.78 is 196. The number of ether oxygens (including phenoxy) is 12. The molecule has 0 aliphatic carbocycles. The number of halogens is 14. The van der Waals surface area contributed by atoms with Crippen LogP contribution in [-0.2, 0) is 140 Å². The maximum absolute atomic E-state index is 13.4. The number of pyridine rings is 4. The second-order valence-corrected chi connectivity index (χ2v) is 42.7. The summed E-state index contributed by atoms with van der Waals surface area (Å²) >= 11 is 9.53. The fourth-order valence-electron chi connectivity index (χ4n) is 9.09. The average Bonchev–Trinajstić information content (AvgIpc) is 0.821. The van der Waals surface area contributed by atoms with Crippen molar-refractivity contribution in [3.05, 3.63) is 239 Å². The molecule has 0 aliphatic heterocycles. The number of carboxylic acid groups (broad SMARTS) is 2. The molecule has 0 radical (unpaired) electrons. The minimum atomic E-state index is -5.19. The molecule has 8 N–H and O–H groups in total. The van der Waals surface area contributed by atoms with E-state index in [1.54, 1.807) is 61.7 Å². The van der Waals surface area contributed by atoms with Crippen molar-refractivity contribution in [2.45, 2.75) is 102 Å². The number of benzene rings is 2. The Morgan fingerprint density at radius 2 is 0.633 bits per heavy atom. The van der Waals surface area contributed by atoms with E-state index in [1.807, 2.05) is 36.4 Å². The number of nitrogens with one attached hydrogen (secondary N) is 4. The van der Waals surface area contributed by atoms with Crippen LogP contribution in [0.4, 0.5) is 48.3 Å². The van der Waals surface area contributed by atoms with Crippen molar-refractivity contribution in [3.8, 4) is 5.75 Å². The summed E-state index contributed by atoms with van der Waals surface area (Å²) in [5.74, 6) is -18.2. The molecule has 0 amide bonds. The number of ketones is 3. The number of carbonyl (C=O) groups is 5. The fraction of sp³-hybridized carbons (Fsp3) is 0.565. The van der Waals surface area contributed by atoms with Gasteiger partial charge in [-0.25, -0.2) is 26.3 Å². The number of carbonyl (C=O) groups excluding carboxylic acids is 4. The van der Waals surface area contributed by atoms with Gasteiger partial charge in [0.25, 0.3) is 0 Å². The number of carboxylic acids is 2. The van der Waals surface area contributed by atoms with Crippen molar-refractivity contribution >= 4 is 87.3 Å². The van der Waals surface area contributed by atoms with E-state index < -0.39 is 88.2 Å². The molecule has 4 aromatic heterocycles. The number of aliphatic carboxylic acids is 2. The Kier molecular flexibility index (Phi) is 108. The molecule has 6 aromatic rings. The molecule has 791 valence electrons. The van der Waals surface area contributed by atoms with Crippen molar-refractivity contribution in [2.75, 3.05) is 211 Å². The number of nitrogens with zero attached hydrogens (tertiary/aromatic N) is 13. The third-order valence-corrected chi connectivity index (χ3v) is 15.6. The number of aryl methyl sites for hydroxylation is 4. The first-order chi connectivity index (χ1) is 67.1. The van der Waals surface area contributed by atoms with Crippen molar-refractivity contribution in [3.63, 3.8) is 0 Å². The van der Waals surface area contributed by atoms with Crippen molar-refractivity contribution in [1.29, 1.82) is 0 Å². The van der Waals surface area contributed by atoms with Gasteiger partial charge in [-0.2, -0.15) is 48.1 Å². The molecule has 0 saturated heterocycles. The van der Waals surface area contributed by atoms with Crippen LogP contribution in [0.3, 0.4) is 0 Å². The van der Waals surface area contributed by atoms with E-state index in [0.717, 1.165) is 61.6 Å². The summed E-state index contributed by atoms with van der Waals surface area (Å²) in [6.45, 7) is 14.4. The number of nitrogens with two attached hydrogens (primary N) is 1. The van der Waals surface area contributed by atoms with Crippen LogP contribution in [0.2, 0.25) is 0 Å². The fourth-order valence-corrected chi connectivity index (χ4v) is 9.09. The molecule has 0 bridgehead atoms. The van der Waals surface area contributed by atoms with Gasteiger partial charge in [0, 0.05) is 166 Å². The molecule has 38 nitrogen and oxygen atoms in total. The zero-order valence-electron chi connectivity index (χ0n) is 76.2. The summed E-state index contributed by atoms with van der Waals surface area (Å²) in [4.78, 5) is 77.9. The van der Waals surface area contributed by atoms with Crippen molar-refractivity contribution < 1.29 is 172 Å². The van der Waals surface area contributed by atoms with Crippen molar-refractivity contribution in [1.82, 2.24) is 19.9 Å². The zero-order valence-corrected chi connectivity index (χ0v) is 87.2. The van der Waals surface area contributed by atoms with E-state index >= 15 is 0 Å². The van der Waals surface area contributed by atoms with Crippen molar-refractivity contribution in [2.24, 2.45) is 21.1 Å². The minimum absolute atomic E-state index is 0.0149. The maximum Gasteiger partial charge on any atom is 0.133 e. The molecule has 0 aliphatic rings. The number of hydrogen-bond acceptors (Lipinski definition) is 27.